The summed E-state index contributed by atoms with van der Waals surface area (Å²) in [6.07, 6.45) is 6.88. The number of rotatable bonds is 9. The molecule has 3 rings (SSSR count). The predicted molar refractivity (Wildman–Crippen MR) is 105 cm³/mol. The minimum absolute atomic E-state index is 0.103. The Morgan fingerprint density at radius 1 is 1.40 bits per heavy atom. The third-order valence-electron chi connectivity index (χ3n) is 5.63. The molecule has 2 unspecified atom stereocenters. The van der Waals surface area contributed by atoms with Crippen LogP contribution in [0.3, 0.4) is 0 Å². The first-order valence-corrected chi connectivity index (χ1v) is 10.2. The van der Waals surface area contributed by atoms with E-state index in [1.54, 1.807) is 0 Å². The summed E-state index contributed by atoms with van der Waals surface area (Å²) in [7, 11) is 1.46. The Morgan fingerprint density at radius 3 is 2.87 bits per heavy atom. The van der Waals surface area contributed by atoms with Crippen molar-refractivity contribution < 1.29 is 24.3 Å². The number of amides is 3. The summed E-state index contributed by atoms with van der Waals surface area (Å²) in [6.45, 7) is 0.359. The molecule has 0 radical (unpaired) electrons. The minimum atomic E-state index is -0.729. The number of nitrogens with zero attached hydrogens (tertiary/aromatic N) is 4. The lowest BCUT2D eigenvalue weighted by atomic mass is 9.92. The molecule has 11 heteroatoms. The Bertz CT molecular complexity index is 757. The van der Waals surface area contributed by atoms with Crippen molar-refractivity contribution in [1.82, 2.24) is 25.5 Å². The molecule has 164 valence electrons. The molecule has 2 atom stereocenters. The molecule has 1 aliphatic carbocycles. The second-order valence-electron chi connectivity index (χ2n) is 7.67. The van der Waals surface area contributed by atoms with Crippen molar-refractivity contribution in [2.75, 3.05) is 25.5 Å². The summed E-state index contributed by atoms with van der Waals surface area (Å²) >= 11 is 0. The summed E-state index contributed by atoms with van der Waals surface area (Å²) in [5.74, 6) is -0.321. The van der Waals surface area contributed by atoms with Gasteiger partial charge in [0, 0.05) is 12.6 Å². The van der Waals surface area contributed by atoms with E-state index in [4.69, 9.17) is 4.74 Å². The molecule has 2 fully saturated rings. The van der Waals surface area contributed by atoms with Gasteiger partial charge in [-0.3, -0.25) is 24.6 Å². The molecule has 11 nitrogen and oxygen atoms in total. The van der Waals surface area contributed by atoms with E-state index in [1.165, 1.54) is 24.5 Å². The van der Waals surface area contributed by atoms with Gasteiger partial charge < -0.3 is 10.1 Å². The minimum Gasteiger partial charge on any atom is -0.481 e. The average Bonchev–Trinajstić information content (AvgIpc) is 3.44. The van der Waals surface area contributed by atoms with Crippen molar-refractivity contribution in [3.8, 4) is 5.88 Å². The maximum Gasteiger partial charge on any atom is 0.250 e. The summed E-state index contributed by atoms with van der Waals surface area (Å²) < 4.78 is 5.03. The predicted octanol–water partition coefficient (Wildman–Crippen LogP) is 0.573. The maximum absolute atomic E-state index is 13.2. The van der Waals surface area contributed by atoms with E-state index in [9.17, 15) is 19.6 Å². The number of hydroxylamine groups is 2. The molecule has 0 spiro atoms. The van der Waals surface area contributed by atoms with Crippen LogP contribution in [0, 0.1) is 11.8 Å². The Balaban J connectivity index is 1.69. The molecule has 3 N–H and O–H groups in total. The van der Waals surface area contributed by atoms with Gasteiger partial charge in [-0.25, -0.2) is 20.5 Å². The van der Waals surface area contributed by atoms with Gasteiger partial charge in [0.2, 0.25) is 24.1 Å². The van der Waals surface area contributed by atoms with E-state index in [0.717, 1.165) is 25.7 Å². The van der Waals surface area contributed by atoms with Crippen molar-refractivity contribution in [1.29, 1.82) is 0 Å². The van der Waals surface area contributed by atoms with Crippen LogP contribution in [0.2, 0.25) is 0 Å². The molecule has 1 aliphatic heterocycles. The first kappa shape index (κ1) is 21.9. The summed E-state index contributed by atoms with van der Waals surface area (Å²) in [5.41, 5.74) is 2.97. The first-order valence-electron chi connectivity index (χ1n) is 10.2. The normalized spacial score (nSPS) is 20.1. The lowest BCUT2D eigenvalue weighted by molar-refractivity contribution is -0.159. The Kier molecular flexibility index (Phi) is 7.52. The highest BCUT2D eigenvalue weighted by Gasteiger charge is 2.39. The third kappa shape index (κ3) is 5.42. The van der Waals surface area contributed by atoms with Gasteiger partial charge in [0.15, 0.2) is 0 Å². The van der Waals surface area contributed by atoms with Crippen molar-refractivity contribution in [2.45, 2.75) is 44.6 Å². The smallest absolute Gasteiger partial charge is 0.250 e. The Hall–Kier alpha value is -2.79. The van der Waals surface area contributed by atoms with Crippen LogP contribution < -0.4 is 15.5 Å². The van der Waals surface area contributed by atoms with E-state index in [1.807, 2.05) is 0 Å². The summed E-state index contributed by atoms with van der Waals surface area (Å²) in [4.78, 5) is 44.8. The molecule has 3 amide bonds. The molecule has 2 heterocycles. The zero-order valence-corrected chi connectivity index (χ0v) is 17.0. The van der Waals surface area contributed by atoms with E-state index in [-0.39, 0.29) is 24.2 Å². The number of hydrogen-bond acceptors (Lipinski definition) is 8. The quantitative estimate of drug-likeness (QED) is 0.300. The number of carbonyl (C=O) groups excluding carboxylic acids is 3. The van der Waals surface area contributed by atoms with Crippen LogP contribution in [0.15, 0.2) is 12.4 Å². The Morgan fingerprint density at radius 2 is 2.17 bits per heavy atom. The SMILES string of the molecule is COc1cc(NC(=O)C2CCNN2C(=O)C(CC2CCCC2)CN(O)C=O)ncn1. The van der Waals surface area contributed by atoms with Crippen LogP contribution in [0.5, 0.6) is 5.88 Å². The van der Waals surface area contributed by atoms with Gasteiger partial charge >= 0.3 is 0 Å². The standard InChI is InChI=1S/C19H28N6O5/c1-30-17-9-16(20-11-21-17)23-18(27)15-6-7-22-25(15)19(28)14(10-24(29)12-26)8-13-4-2-3-5-13/h9,11-15,22,29H,2-8,10H2,1H3,(H,20,21,23,27). The Labute approximate surface area is 174 Å². The van der Waals surface area contributed by atoms with Crippen molar-refractivity contribution >= 4 is 24.0 Å². The molecule has 1 aromatic rings. The molecule has 0 bridgehead atoms. The number of ether oxygens (including phenoxy) is 1. The number of hydrazine groups is 1. The molecular weight excluding hydrogens is 392 g/mol. The van der Waals surface area contributed by atoms with Gasteiger partial charge in [-0.2, -0.15) is 0 Å². The maximum atomic E-state index is 13.2. The van der Waals surface area contributed by atoms with Gasteiger partial charge in [0.25, 0.3) is 0 Å². The van der Waals surface area contributed by atoms with E-state index in [0.29, 0.717) is 42.7 Å². The van der Waals surface area contributed by atoms with Crippen LogP contribution in [-0.4, -0.2) is 69.7 Å². The lowest BCUT2D eigenvalue weighted by Gasteiger charge is -2.29. The number of nitrogens with one attached hydrogen (secondary N) is 2. The van der Waals surface area contributed by atoms with Crippen LogP contribution in [0.25, 0.3) is 0 Å². The first-order chi connectivity index (χ1) is 14.5. The van der Waals surface area contributed by atoms with E-state index in [2.05, 4.69) is 20.7 Å². The average molecular weight is 420 g/mol. The van der Waals surface area contributed by atoms with Crippen LogP contribution in [-0.2, 0) is 14.4 Å². The highest BCUT2D eigenvalue weighted by molar-refractivity contribution is 5.97. The van der Waals surface area contributed by atoms with Crippen molar-refractivity contribution in [2.24, 2.45) is 11.8 Å². The van der Waals surface area contributed by atoms with Gasteiger partial charge in [-0.05, 0) is 18.8 Å². The zero-order valence-electron chi connectivity index (χ0n) is 17.0. The second-order valence-corrected chi connectivity index (χ2v) is 7.67. The number of hydrogen-bond donors (Lipinski definition) is 3. The molecule has 0 aromatic carbocycles. The largest absolute Gasteiger partial charge is 0.481 e. The molecule has 1 saturated heterocycles. The van der Waals surface area contributed by atoms with Crippen LogP contribution in [0.4, 0.5) is 5.82 Å². The van der Waals surface area contributed by atoms with Crippen LogP contribution in [0.1, 0.15) is 38.5 Å². The fourth-order valence-corrected chi connectivity index (χ4v) is 4.14. The lowest BCUT2D eigenvalue weighted by Crippen LogP contribution is -2.51. The second kappa shape index (κ2) is 10.3. The fraction of sp³-hybridized carbons (Fsp3) is 0.632. The van der Waals surface area contributed by atoms with E-state index >= 15 is 0 Å². The number of aromatic nitrogens is 2. The van der Waals surface area contributed by atoms with Gasteiger partial charge in [-0.1, -0.05) is 25.7 Å². The molecular formula is C19H28N6O5. The number of methoxy groups -OCH3 is 1. The summed E-state index contributed by atoms with van der Waals surface area (Å²) in [5, 5.41) is 14.2. The third-order valence-corrected chi connectivity index (χ3v) is 5.63. The molecule has 1 aromatic heterocycles. The topological polar surface area (TPSA) is 137 Å². The van der Waals surface area contributed by atoms with Gasteiger partial charge in [0.1, 0.15) is 18.2 Å². The van der Waals surface area contributed by atoms with Gasteiger partial charge in [0.05, 0.1) is 19.6 Å². The van der Waals surface area contributed by atoms with Crippen molar-refractivity contribution in [3.05, 3.63) is 12.4 Å². The molecule has 1 saturated carbocycles. The van der Waals surface area contributed by atoms with Gasteiger partial charge in [-0.15, -0.1) is 0 Å². The summed E-state index contributed by atoms with van der Waals surface area (Å²) in [6, 6.07) is 0.760. The molecule has 30 heavy (non-hydrogen) atoms. The monoisotopic (exact) mass is 420 g/mol. The van der Waals surface area contributed by atoms with Crippen molar-refractivity contribution in [3.63, 3.8) is 0 Å². The highest BCUT2D eigenvalue weighted by Crippen LogP contribution is 2.31. The number of carbonyl (C=O) groups is 3. The van der Waals surface area contributed by atoms with E-state index < -0.39 is 12.0 Å². The molecule has 2 aliphatic rings. The fourth-order valence-electron chi connectivity index (χ4n) is 4.14. The highest BCUT2D eigenvalue weighted by atomic mass is 16.5. The zero-order chi connectivity index (χ0) is 21.5. The van der Waals surface area contributed by atoms with Crippen LogP contribution >= 0.6 is 0 Å². The number of anilines is 1.